The zero-order chi connectivity index (χ0) is 14.6. The summed E-state index contributed by atoms with van der Waals surface area (Å²) < 4.78 is 0. The summed E-state index contributed by atoms with van der Waals surface area (Å²) in [6, 6.07) is 0. The molecule has 1 rings (SSSR count). The molecule has 0 bridgehead atoms. The van der Waals surface area contributed by atoms with Crippen molar-refractivity contribution in [1.29, 1.82) is 0 Å². The molecule has 0 spiro atoms. The van der Waals surface area contributed by atoms with Crippen LogP contribution in [0, 0.1) is 13.8 Å². The van der Waals surface area contributed by atoms with Crippen LogP contribution in [0.1, 0.15) is 44.9 Å². The first-order valence-electron chi connectivity index (χ1n) is 6.19. The molecule has 5 nitrogen and oxygen atoms in total. The molecule has 0 unspecified atom stereocenters. The maximum atomic E-state index is 12.3. The van der Waals surface area contributed by atoms with Gasteiger partial charge in [-0.2, -0.15) is 0 Å². The molecule has 0 fully saturated rings. The van der Waals surface area contributed by atoms with Crippen molar-refractivity contribution in [2.24, 2.45) is 0 Å². The van der Waals surface area contributed by atoms with Crippen LogP contribution in [0.2, 0.25) is 0 Å². The molecule has 0 saturated carbocycles. The summed E-state index contributed by atoms with van der Waals surface area (Å²) in [6.45, 7) is 7.62. The molecule has 0 radical (unpaired) electrons. The highest BCUT2D eigenvalue weighted by Gasteiger charge is 2.23. The van der Waals surface area contributed by atoms with E-state index in [0.717, 1.165) is 12.8 Å². The minimum Gasteiger partial charge on any atom is -0.477 e. The number of carbonyl (C=O) groups excluding carboxylic acids is 1. The Balaban J connectivity index is 2.93. The van der Waals surface area contributed by atoms with Gasteiger partial charge < -0.3 is 15.0 Å². The largest absolute Gasteiger partial charge is 0.477 e. The van der Waals surface area contributed by atoms with Gasteiger partial charge in [-0.25, -0.2) is 4.79 Å². The van der Waals surface area contributed by atoms with Gasteiger partial charge in [0.25, 0.3) is 5.91 Å². The Bertz CT molecular complexity index is 503. The summed E-state index contributed by atoms with van der Waals surface area (Å²) in [5.74, 6) is -1.20. The minimum atomic E-state index is -1.05. The van der Waals surface area contributed by atoms with Crippen molar-refractivity contribution in [3.63, 3.8) is 0 Å². The molecule has 0 aliphatic carbocycles. The van der Waals surface area contributed by atoms with E-state index in [1.807, 2.05) is 6.08 Å². The van der Waals surface area contributed by atoms with E-state index in [1.54, 1.807) is 25.8 Å². The molecule has 0 saturated heterocycles. The molecule has 5 heteroatoms. The molecule has 0 aromatic carbocycles. The summed E-state index contributed by atoms with van der Waals surface area (Å²) in [5.41, 5.74) is 1.62. The van der Waals surface area contributed by atoms with E-state index in [9.17, 15) is 9.59 Å². The van der Waals surface area contributed by atoms with Crippen molar-refractivity contribution in [3.05, 3.63) is 35.2 Å². The first kappa shape index (κ1) is 15.0. The first-order valence-corrected chi connectivity index (χ1v) is 6.19. The van der Waals surface area contributed by atoms with Gasteiger partial charge in [-0.3, -0.25) is 4.79 Å². The maximum absolute atomic E-state index is 12.3. The Morgan fingerprint density at radius 2 is 2.05 bits per heavy atom. The number of nitrogens with one attached hydrogen (secondary N) is 1. The Morgan fingerprint density at radius 1 is 1.42 bits per heavy atom. The number of amides is 1. The van der Waals surface area contributed by atoms with Crippen LogP contribution in [0.15, 0.2) is 12.7 Å². The van der Waals surface area contributed by atoms with Crippen molar-refractivity contribution >= 4 is 11.9 Å². The monoisotopic (exact) mass is 264 g/mol. The zero-order valence-electron chi connectivity index (χ0n) is 11.6. The highest BCUT2D eigenvalue weighted by molar-refractivity contribution is 6.00. The number of rotatable bonds is 6. The van der Waals surface area contributed by atoms with Crippen molar-refractivity contribution in [3.8, 4) is 0 Å². The Morgan fingerprint density at radius 3 is 2.53 bits per heavy atom. The SMILES string of the molecule is C=CCCCN(C)C(=O)c1c(C)[nH]c(C(=O)O)c1C. The normalized spacial score (nSPS) is 10.3. The van der Waals surface area contributed by atoms with Crippen LogP contribution < -0.4 is 0 Å². The lowest BCUT2D eigenvalue weighted by atomic mass is 10.1. The maximum Gasteiger partial charge on any atom is 0.352 e. The van der Waals surface area contributed by atoms with Gasteiger partial charge in [-0.1, -0.05) is 6.08 Å². The number of aryl methyl sites for hydroxylation is 1. The Labute approximate surface area is 112 Å². The molecular weight excluding hydrogens is 244 g/mol. The van der Waals surface area contributed by atoms with Crippen LogP contribution in [0.25, 0.3) is 0 Å². The van der Waals surface area contributed by atoms with Gasteiger partial charge in [0.05, 0.1) is 5.56 Å². The standard InChI is InChI=1S/C14H20N2O3/c1-5-6-7-8-16(4)13(17)11-9(2)12(14(18)19)15-10(11)3/h5,15H,1,6-8H2,2-4H3,(H,18,19). The van der Waals surface area contributed by atoms with Gasteiger partial charge in [-0.15, -0.1) is 6.58 Å². The first-order chi connectivity index (χ1) is 8.90. The molecule has 1 amide bonds. The number of nitrogens with zero attached hydrogens (tertiary/aromatic N) is 1. The molecular formula is C14H20N2O3. The van der Waals surface area contributed by atoms with Crippen LogP contribution >= 0.6 is 0 Å². The lowest BCUT2D eigenvalue weighted by Gasteiger charge is -2.17. The number of aromatic carboxylic acids is 1. The van der Waals surface area contributed by atoms with E-state index in [2.05, 4.69) is 11.6 Å². The molecule has 0 aliphatic heterocycles. The smallest absolute Gasteiger partial charge is 0.352 e. The van der Waals surface area contributed by atoms with Crippen LogP contribution in [-0.2, 0) is 0 Å². The third-order valence-corrected chi connectivity index (χ3v) is 3.11. The van der Waals surface area contributed by atoms with E-state index in [1.165, 1.54) is 0 Å². The third kappa shape index (κ3) is 3.24. The molecule has 1 heterocycles. The summed E-state index contributed by atoms with van der Waals surface area (Å²) >= 11 is 0. The van der Waals surface area contributed by atoms with Crippen molar-refractivity contribution in [2.45, 2.75) is 26.7 Å². The fourth-order valence-corrected chi connectivity index (χ4v) is 2.05. The second-order valence-corrected chi connectivity index (χ2v) is 4.59. The molecule has 104 valence electrons. The number of allylic oxidation sites excluding steroid dienone is 1. The van der Waals surface area contributed by atoms with E-state index >= 15 is 0 Å². The number of carboxylic acids is 1. The van der Waals surface area contributed by atoms with Gasteiger partial charge in [-0.05, 0) is 32.3 Å². The van der Waals surface area contributed by atoms with Crippen molar-refractivity contribution < 1.29 is 14.7 Å². The minimum absolute atomic E-state index is 0.0836. The number of hydrogen-bond acceptors (Lipinski definition) is 2. The van der Waals surface area contributed by atoms with Crippen LogP contribution in [-0.4, -0.2) is 40.5 Å². The number of carboxylic acid groups (broad SMARTS) is 1. The molecule has 1 aromatic rings. The van der Waals surface area contributed by atoms with Gasteiger partial charge in [0.2, 0.25) is 0 Å². The highest BCUT2D eigenvalue weighted by atomic mass is 16.4. The number of H-pyrrole nitrogens is 1. The molecule has 19 heavy (non-hydrogen) atoms. The number of aromatic nitrogens is 1. The van der Waals surface area contributed by atoms with Crippen LogP contribution in [0.4, 0.5) is 0 Å². The Kier molecular flexibility index (Phi) is 4.92. The van der Waals surface area contributed by atoms with E-state index in [4.69, 9.17) is 5.11 Å². The predicted octanol–water partition coefficient (Wildman–Crippen LogP) is 2.37. The number of aromatic amines is 1. The fourth-order valence-electron chi connectivity index (χ4n) is 2.05. The average molecular weight is 264 g/mol. The summed E-state index contributed by atoms with van der Waals surface area (Å²) in [6.07, 6.45) is 3.51. The topological polar surface area (TPSA) is 73.4 Å². The average Bonchev–Trinajstić information content (AvgIpc) is 2.64. The fraction of sp³-hybridized carbons (Fsp3) is 0.429. The quantitative estimate of drug-likeness (QED) is 0.612. The lowest BCUT2D eigenvalue weighted by molar-refractivity contribution is 0.0690. The van der Waals surface area contributed by atoms with Crippen LogP contribution in [0.3, 0.4) is 0 Å². The van der Waals surface area contributed by atoms with Gasteiger partial charge in [0.1, 0.15) is 5.69 Å². The van der Waals surface area contributed by atoms with Crippen LogP contribution in [0.5, 0.6) is 0 Å². The molecule has 0 aliphatic rings. The number of unbranched alkanes of at least 4 members (excludes halogenated alkanes) is 1. The summed E-state index contributed by atoms with van der Waals surface area (Å²) in [5, 5.41) is 9.03. The Hall–Kier alpha value is -2.04. The van der Waals surface area contributed by atoms with Crippen molar-refractivity contribution in [2.75, 3.05) is 13.6 Å². The van der Waals surface area contributed by atoms with Gasteiger partial charge >= 0.3 is 5.97 Å². The molecule has 1 aromatic heterocycles. The second-order valence-electron chi connectivity index (χ2n) is 4.59. The molecule has 2 N–H and O–H groups in total. The summed E-state index contributed by atoms with van der Waals surface area (Å²) in [7, 11) is 1.72. The van der Waals surface area contributed by atoms with E-state index in [0.29, 0.717) is 23.4 Å². The third-order valence-electron chi connectivity index (χ3n) is 3.11. The lowest BCUT2D eigenvalue weighted by Crippen LogP contribution is -2.28. The van der Waals surface area contributed by atoms with E-state index < -0.39 is 5.97 Å². The summed E-state index contributed by atoms with van der Waals surface area (Å²) in [4.78, 5) is 27.7. The zero-order valence-corrected chi connectivity index (χ0v) is 11.6. The number of carbonyl (C=O) groups is 2. The number of hydrogen-bond donors (Lipinski definition) is 2. The van der Waals surface area contributed by atoms with Gasteiger partial charge in [0, 0.05) is 19.3 Å². The predicted molar refractivity (Wildman–Crippen MR) is 73.6 cm³/mol. The molecule has 0 atom stereocenters. The van der Waals surface area contributed by atoms with E-state index in [-0.39, 0.29) is 11.6 Å². The van der Waals surface area contributed by atoms with Gasteiger partial charge in [0.15, 0.2) is 0 Å². The highest BCUT2D eigenvalue weighted by Crippen LogP contribution is 2.19. The van der Waals surface area contributed by atoms with Crippen molar-refractivity contribution in [1.82, 2.24) is 9.88 Å². The second kappa shape index (κ2) is 6.22.